The summed E-state index contributed by atoms with van der Waals surface area (Å²) >= 11 is 0. The predicted molar refractivity (Wildman–Crippen MR) is 64.6 cm³/mol. The number of allylic oxidation sites excluding steroid dienone is 1. The van der Waals surface area contributed by atoms with Crippen molar-refractivity contribution in [1.29, 1.82) is 0 Å². The quantitative estimate of drug-likeness (QED) is 0.751. The SMILES string of the molecule is C=C(CCC)CCc1c(F)cc(CO)cc1F. The average molecular weight is 240 g/mol. The van der Waals surface area contributed by atoms with Crippen LogP contribution in [0.4, 0.5) is 8.78 Å². The van der Waals surface area contributed by atoms with Crippen LogP contribution in [0.2, 0.25) is 0 Å². The van der Waals surface area contributed by atoms with Gasteiger partial charge in [-0.05, 0) is 37.0 Å². The molecule has 0 atom stereocenters. The van der Waals surface area contributed by atoms with Crippen molar-refractivity contribution in [2.75, 3.05) is 0 Å². The summed E-state index contributed by atoms with van der Waals surface area (Å²) in [5.74, 6) is -1.17. The Morgan fingerprint density at radius 1 is 1.24 bits per heavy atom. The average Bonchev–Trinajstić information content (AvgIpc) is 2.28. The van der Waals surface area contributed by atoms with Crippen molar-refractivity contribution in [1.82, 2.24) is 0 Å². The number of hydrogen-bond donors (Lipinski definition) is 1. The largest absolute Gasteiger partial charge is 0.392 e. The van der Waals surface area contributed by atoms with Crippen molar-refractivity contribution in [2.24, 2.45) is 0 Å². The summed E-state index contributed by atoms with van der Waals surface area (Å²) in [6.07, 6.45) is 2.80. The molecule has 94 valence electrons. The van der Waals surface area contributed by atoms with E-state index in [2.05, 4.69) is 6.58 Å². The van der Waals surface area contributed by atoms with E-state index in [0.29, 0.717) is 12.8 Å². The predicted octanol–water partition coefficient (Wildman–Crippen LogP) is 3.75. The van der Waals surface area contributed by atoms with Gasteiger partial charge in [0.05, 0.1) is 6.61 Å². The third-order valence-electron chi connectivity index (χ3n) is 2.72. The molecule has 0 heterocycles. The lowest BCUT2D eigenvalue weighted by Crippen LogP contribution is -1.99. The molecule has 1 N–H and O–H groups in total. The summed E-state index contributed by atoms with van der Waals surface area (Å²) in [5.41, 5.74) is 1.35. The molecule has 3 heteroatoms. The second-order valence-corrected chi connectivity index (χ2v) is 4.20. The highest BCUT2D eigenvalue weighted by molar-refractivity contribution is 5.26. The third kappa shape index (κ3) is 3.93. The lowest BCUT2D eigenvalue weighted by molar-refractivity contribution is 0.280. The van der Waals surface area contributed by atoms with E-state index in [1.165, 1.54) is 12.1 Å². The summed E-state index contributed by atoms with van der Waals surface area (Å²) in [7, 11) is 0. The minimum absolute atomic E-state index is 0.0828. The summed E-state index contributed by atoms with van der Waals surface area (Å²) in [6, 6.07) is 2.36. The molecule has 1 nitrogen and oxygen atoms in total. The van der Waals surface area contributed by atoms with Crippen molar-refractivity contribution < 1.29 is 13.9 Å². The van der Waals surface area contributed by atoms with Crippen molar-refractivity contribution in [3.05, 3.63) is 47.0 Å². The van der Waals surface area contributed by atoms with Crippen LogP contribution in [0.5, 0.6) is 0 Å². The second-order valence-electron chi connectivity index (χ2n) is 4.20. The van der Waals surface area contributed by atoms with E-state index >= 15 is 0 Å². The van der Waals surface area contributed by atoms with Crippen LogP contribution in [0.1, 0.15) is 37.3 Å². The Morgan fingerprint density at radius 3 is 2.29 bits per heavy atom. The first-order valence-electron chi connectivity index (χ1n) is 5.82. The fraction of sp³-hybridized carbons (Fsp3) is 0.429. The van der Waals surface area contributed by atoms with Gasteiger partial charge < -0.3 is 5.11 Å². The molecule has 0 aromatic heterocycles. The molecule has 1 aromatic rings. The second kappa shape index (κ2) is 6.50. The van der Waals surface area contributed by atoms with Crippen LogP contribution in [-0.2, 0) is 13.0 Å². The lowest BCUT2D eigenvalue weighted by atomic mass is 10.0. The van der Waals surface area contributed by atoms with Gasteiger partial charge in [-0.15, -0.1) is 0 Å². The molecule has 0 unspecified atom stereocenters. The van der Waals surface area contributed by atoms with Gasteiger partial charge in [0.2, 0.25) is 0 Å². The summed E-state index contributed by atoms with van der Waals surface area (Å²) in [4.78, 5) is 0. The zero-order valence-corrected chi connectivity index (χ0v) is 10.1. The molecule has 0 fully saturated rings. The topological polar surface area (TPSA) is 20.2 Å². The normalized spacial score (nSPS) is 10.6. The van der Waals surface area contributed by atoms with E-state index in [1.54, 1.807) is 0 Å². The van der Waals surface area contributed by atoms with Gasteiger partial charge in [-0.1, -0.05) is 25.5 Å². The molecule has 0 aliphatic heterocycles. The van der Waals surface area contributed by atoms with Gasteiger partial charge >= 0.3 is 0 Å². The first-order valence-corrected chi connectivity index (χ1v) is 5.82. The highest BCUT2D eigenvalue weighted by atomic mass is 19.1. The Morgan fingerprint density at radius 2 is 1.82 bits per heavy atom. The van der Waals surface area contributed by atoms with Crippen LogP contribution < -0.4 is 0 Å². The molecular formula is C14H18F2O. The summed E-state index contributed by atoms with van der Waals surface area (Å²) < 4.78 is 27.1. The van der Waals surface area contributed by atoms with Crippen molar-refractivity contribution >= 4 is 0 Å². The Kier molecular flexibility index (Phi) is 5.29. The monoisotopic (exact) mass is 240 g/mol. The number of benzene rings is 1. The highest BCUT2D eigenvalue weighted by Crippen LogP contribution is 2.19. The van der Waals surface area contributed by atoms with Crippen LogP contribution >= 0.6 is 0 Å². The van der Waals surface area contributed by atoms with E-state index in [-0.39, 0.29) is 17.7 Å². The van der Waals surface area contributed by atoms with Gasteiger partial charge in [-0.25, -0.2) is 8.78 Å². The van der Waals surface area contributed by atoms with E-state index < -0.39 is 11.6 Å². The Bertz CT molecular complexity index is 376. The molecule has 0 saturated carbocycles. The van der Waals surface area contributed by atoms with Crippen LogP contribution in [0.15, 0.2) is 24.3 Å². The fourth-order valence-electron chi connectivity index (χ4n) is 1.77. The van der Waals surface area contributed by atoms with Crippen molar-refractivity contribution in [3.8, 4) is 0 Å². The molecule has 0 spiro atoms. The zero-order valence-electron chi connectivity index (χ0n) is 10.1. The Labute approximate surface area is 101 Å². The first kappa shape index (κ1) is 13.8. The maximum atomic E-state index is 13.6. The van der Waals surface area contributed by atoms with Gasteiger partial charge in [0.25, 0.3) is 0 Å². The standard InChI is InChI=1S/C14H18F2O/c1-3-4-10(2)5-6-12-13(15)7-11(9-17)8-14(12)16/h7-8,17H,2-6,9H2,1H3. The number of aliphatic hydroxyl groups excluding tert-OH is 1. The smallest absolute Gasteiger partial charge is 0.129 e. The van der Waals surface area contributed by atoms with Gasteiger partial charge in [0, 0.05) is 5.56 Å². The molecular weight excluding hydrogens is 222 g/mol. The number of halogens is 2. The fourth-order valence-corrected chi connectivity index (χ4v) is 1.77. The number of aliphatic hydroxyl groups is 1. The van der Waals surface area contributed by atoms with E-state index in [4.69, 9.17) is 5.11 Å². The molecule has 0 aliphatic carbocycles. The van der Waals surface area contributed by atoms with E-state index in [9.17, 15) is 8.78 Å². The molecule has 1 rings (SSSR count). The maximum absolute atomic E-state index is 13.6. The van der Waals surface area contributed by atoms with Crippen LogP contribution in [0, 0.1) is 11.6 Å². The maximum Gasteiger partial charge on any atom is 0.129 e. The van der Waals surface area contributed by atoms with Gasteiger partial charge in [0.1, 0.15) is 11.6 Å². The van der Waals surface area contributed by atoms with Gasteiger partial charge in [-0.3, -0.25) is 0 Å². The molecule has 0 bridgehead atoms. The number of rotatable bonds is 6. The third-order valence-corrected chi connectivity index (χ3v) is 2.72. The molecule has 0 radical (unpaired) electrons. The molecule has 0 amide bonds. The van der Waals surface area contributed by atoms with Crippen LogP contribution in [0.25, 0.3) is 0 Å². The summed E-state index contributed by atoms with van der Waals surface area (Å²) in [6.45, 7) is 5.56. The Hall–Kier alpha value is -1.22. The molecule has 17 heavy (non-hydrogen) atoms. The first-order chi connectivity index (χ1) is 8.08. The molecule has 1 aromatic carbocycles. The minimum Gasteiger partial charge on any atom is -0.392 e. The van der Waals surface area contributed by atoms with Crippen LogP contribution in [-0.4, -0.2) is 5.11 Å². The van der Waals surface area contributed by atoms with Gasteiger partial charge in [0.15, 0.2) is 0 Å². The van der Waals surface area contributed by atoms with Crippen molar-refractivity contribution in [3.63, 3.8) is 0 Å². The van der Waals surface area contributed by atoms with Gasteiger partial charge in [-0.2, -0.15) is 0 Å². The number of hydrogen-bond acceptors (Lipinski definition) is 1. The van der Waals surface area contributed by atoms with Crippen LogP contribution in [0.3, 0.4) is 0 Å². The molecule has 0 saturated heterocycles. The zero-order chi connectivity index (χ0) is 12.8. The minimum atomic E-state index is -0.585. The highest BCUT2D eigenvalue weighted by Gasteiger charge is 2.11. The molecule has 0 aliphatic rings. The van der Waals surface area contributed by atoms with E-state index in [0.717, 1.165) is 18.4 Å². The lowest BCUT2D eigenvalue weighted by Gasteiger charge is -2.08. The van der Waals surface area contributed by atoms with E-state index in [1.807, 2.05) is 6.92 Å². The van der Waals surface area contributed by atoms with Crippen molar-refractivity contribution in [2.45, 2.75) is 39.2 Å². The Balaban J connectivity index is 2.74. The summed E-state index contributed by atoms with van der Waals surface area (Å²) in [5, 5.41) is 8.82.